The SMILES string of the molecule is Cc1cc(OC2C(C)(C)C(N(C(=O)c3ccc(N4CCC(CC5CCN(C67CC(C(N)=O)(C6)C7)CC5)CC4)cc3)C3CCC(=O)NC3=O)C2(C)C)cc(C)c1C#N. The number of carbonyl (C=O) groups excluding carboxylic acids is 4. The number of nitriles is 1. The zero-order chi connectivity index (χ0) is 40.7. The molecule has 3 aliphatic heterocycles. The van der Waals surface area contributed by atoms with Gasteiger partial charge in [0.15, 0.2) is 0 Å². The molecular weight excluding hydrogens is 717 g/mol. The molecule has 4 aliphatic carbocycles. The number of ether oxygens (including phenoxy) is 1. The third kappa shape index (κ3) is 6.60. The van der Waals surface area contributed by atoms with Gasteiger partial charge in [0.2, 0.25) is 17.7 Å². The van der Waals surface area contributed by atoms with Crippen LogP contribution in [0, 0.1) is 53.3 Å². The lowest BCUT2D eigenvalue weighted by Gasteiger charge is -2.73. The third-order valence-corrected chi connectivity index (χ3v) is 15.3. The average molecular weight is 777 g/mol. The number of hydrogen-bond donors (Lipinski definition) is 2. The Morgan fingerprint density at radius 1 is 0.895 bits per heavy atom. The molecule has 4 amide bonds. The molecule has 3 N–H and O–H groups in total. The fraction of sp³-hybridized carbons (Fsp3) is 0.630. The highest BCUT2D eigenvalue weighted by Crippen LogP contribution is 2.70. The Bertz CT molecular complexity index is 1940. The van der Waals surface area contributed by atoms with Crippen molar-refractivity contribution in [3.05, 3.63) is 58.7 Å². The Kier molecular flexibility index (Phi) is 9.77. The molecule has 7 fully saturated rings. The van der Waals surface area contributed by atoms with Crippen LogP contribution in [0.4, 0.5) is 5.69 Å². The summed E-state index contributed by atoms with van der Waals surface area (Å²) in [5.41, 5.74) is 8.59. The molecule has 2 aromatic carbocycles. The van der Waals surface area contributed by atoms with Gasteiger partial charge in [-0.1, -0.05) is 27.7 Å². The summed E-state index contributed by atoms with van der Waals surface area (Å²) in [6, 6.07) is 12.8. The van der Waals surface area contributed by atoms with E-state index in [1.54, 1.807) is 4.90 Å². The van der Waals surface area contributed by atoms with Gasteiger partial charge < -0.3 is 20.3 Å². The number of rotatable bonds is 10. The molecule has 304 valence electrons. The number of piperidine rings is 3. The van der Waals surface area contributed by atoms with E-state index >= 15 is 0 Å². The van der Waals surface area contributed by atoms with Crippen LogP contribution in [-0.2, 0) is 14.4 Å². The van der Waals surface area contributed by atoms with Crippen molar-refractivity contribution in [2.24, 2.45) is 33.8 Å². The van der Waals surface area contributed by atoms with Crippen LogP contribution in [-0.4, -0.2) is 83.3 Å². The molecule has 3 heterocycles. The number of nitrogens with one attached hydrogen (secondary N) is 1. The van der Waals surface area contributed by atoms with Crippen molar-refractivity contribution in [2.45, 2.75) is 129 Å². The summed E-state index contributed by atoms with van der Waals surface area (Å²) in [6.07, 6.45) is 9.16. The number of anilines is 1. The number of carbonyl (C=O) groups is 4. The minimum Gasteiger partial charge on any atom is -0.489 e. The lowest BCUT2D eigenvalue weighted by Crippen LogP contribution is -2.78. The molecule has 4 saturated carbocycles. The van der Waals surface area contributed by atoms with Crippen LogP contribution in [0.5, 0.6) is 5.75 Å². The summed E-state index contributed by atoms with van der Waals surface area (Å²) in [5.74, 6) is 1.09. The first-order chi connectivity index (χ1) is 27.0. The number of benzene rings is 2. The molecule has 2 aromatic rings. The smallest absolute Gasteiger partial charge is 0.254 e. The van der Waals surface area contributed by atoms with Crippen molar-refractivity contribution in [1.82, 2.24) is 15.1 Å². The minimum atomic E-state index is -0.789. The molecule has 1 unspecified atom stereocenters. The number of primary amides is 1. The molecule has 3 saturated heterocycles. The van der Waals surface area contributed by atoms with Gasteiger partial charge in [0.05, 0.1) is 23.1 Å². The van der Waals surface area contributed by atoms with Gasteiger partial charge >= 0.3 is 0 Å². The van der Waals surface area contributed by atoms with Gasteiger partial charge in [-0.3, -0.25) is 29.4 Å². The average Bonchev–Trinajstić information content (AvgIpc) is 3.12. The first kappa shape index (κ1) is 39.4. The van der Waals surface area contributed by atoms with Gasteiger partial charge in [-0.05, 0) is 144 Å². The second-order valence-corrected chi connectivity index (χ2v) is 19.8. The lowest BCUT2D eigenvalue weighted by molar-refractivity contribution is -0.220. The second kappa shape index (κ2) is 14.1. The van der Waals surface area contributed by atoms with Gasteiger partial charge in [-0.2, -0.15) is 5.26 Å². The van der Waals surface area contributed by atoms with Crippen molar-refractivity contribution < 1.29 is 23.9 Å². The Hall–Kier alpha value is -4.43. The topological polar surface area (TPSA) is 149 Å². The largest absolute Gasteiger partial charge is 0.489 e. The fourth-order valence-corrected chi connectivity index (χ4v) is 12.7. The van der Waals surface area contributed by atoms with E-state index in [4.69, 9.17) is 10.5 Å². The maximum Gasteiger partial charge on any atom is 0.254 e. The number of nitrogens with two attached hydrogens (primary N) is 1. The molecule has 11 nitrogen and oxygen atoms in total. The van der Waals surface area contributed by atoms with Crippen LogP contribution in [0.2, 0.25) is 0 Å². The van der Waals surface area contributed by atoms with E-state index in [-0.39, 0.29) is 53.7 Å². The Morgan fingerprint density at radius 3 is 1.98 bits per heavy atom. The number of nitrogens with zero attached hydrogens (tertiary/aromatic N) is 4. The second-order valence-electron chi connectivity index (χ2n) is 19.8. The summed E-state index contributed by atoms with van der Waals surface area (Å²) in [5, 5.41) is 12.1. The number of likely N-dealkylation sites (tertiary alicyclic amines) is 1. The van der Waals surface area contributed by atoms with Gasteiger partial charge in [-0.25, -0.2) is 0 Å². The van der Waals surface area contributed by atoms with Gasteiger partial charge in [0.1, 0.15) is 17.9 Å². The van der Waals surface area contributed by atoms with Gasteiger partial charge in [-0.15, -0.1) is 0 Å². The van der Waals surface area contributed by atoms with E-state index in [0.717, 1.165) is 86.9 Å². The molecule has 0 radical (unpaired) electrons. The Morgan fingerprint density at radius 2 is 1.46 bits per heavy atom. The molecular formula is C46H60N6O5. The van der Waals surface area contributed by atoms with Crippen LogP contribution in [0.15, 0.2) is 36.4 Å². The minimum absolute atomic E-state index is 0.101. The highest BCUT2D eigenvalue weighted by atomic mass is 16.5. The van der Waals surface area contributed by atoms with Crippen molar-refractivity contribution in [1.29, 1.82) is 5.26 Å². The van der Waals surface area contributed by atoms with Crippen LogP contribution in [0.1, 0.15) is 119 Å². The van der Waals surface area contributed by atoms with Crippen LogP contribution in [0.3, 0.4) is 0 Å². The summed E-state index contributed by atoms with van der Waals surface area (Å²) in [4.78, 5) is 59.1. The molecule has 0 aromatic heterocycles. The molecule has 57 heavy (non-hydrogen) atoms. The highest BCUT2D eigenvalue weighted by molar-refractivity contribution is 6.04. The van der Waals surface area contributed by atoms with Crippen LogP contribution >= 0.6 is 0 Å². The van der Waals surface area contributed by atoms with Crippen LogP contribution < -0.4 is 20.7 Å². The van der Waals surface area contributed by atoms with Crippen molar-refractivity contribution in [3.8, 4) is 11.8 Å². The van der Waals surface area contributed by atoms with E-state index in [9.17, 15) is 24.4 Å². The van der Waals surface area contributed by atoms with Crippen molar-refractivity contribution in [3.63, 3.8) is 0 Å². The maximum atomic E-state index is 14.7. The standard InChI is InChI=1S/C46H60N6O5/c1-28-21-34(22-29(2)35(28)24-47)57-41-43(3,4)40(44(41,5)6)52(36-11-12-37(53)49-38(36)54)39(55)32-7-9-33(10-8-32)50-17-13-30(14-18-50)23-31-15-19-51(20-16-31)46-25-45(26-46,27-46)42(48)56/h7-10,21-22,30-31,36,40-41H,11-20,23,25-27H2,1-6H3,(H2,48,56)(H,49,53,54). The van der Waals surface area contributed by atoms with Crippen molar-refractivity contribution >= 4 is 29.3 Å². The Balaban J connectivity index is 0.907. The quantitative estimate of drug-likeness (QED) is 0.278. The van der Waals surface area contributed by atoms with Gasteiger partial charge in [0.25, 0.3) is 5.91 Å². The zero-order valence-electron chi connectivity index (χ0n) is 34.7. The fourth-order valence-electron chi connectivity index (χ4n) is 12.7. The molecule has 2 bridgehead atoms. The molecule has 0 spiro atoms. The predicted molar refractivity (Wildman–Crippen MR) is 217 cm³/mol. The summed E-state index contributed by atoms with van der Waals surface area (Å²) >= 11 is 0. The van der Waals surface area contributed by atoms with E-state index in [2.05, 4.69) is 48.9 Å². The van der Waals surface area contributed by atoms with E-state index < -0.39 is 22.8 Å². The summed E-state index contributed by atoms with van der Waals surface area (Å²) in [7, 11) is 0. The maximum absolute atomic E-state index is 14.7. The number of amides is 4. The number of imide groups is 1. The normalized spacial score (nSPS) is 30.9. The van der Waals surface area contributed by atoms with E-state index in [1.807, 2.05) is 50.2 Å². The number of aryl methyl sites for hydroxylation is 2. The molecule has 7 aliphatic rings. The Labute approximate surface area is 337 Å². The predicted octanol–water partition coefficient (Wildman–Crippen LogP) is 6.03. The monoisotopic (exact) mass is 776 g/mol. The van der Waals surface area contributed by atoms with Crippen molar-refractivity contribution in [2.75, 3.05) is 31.1 Å². The first-order valence-electron chi connectivity index (χ1n) is 21.2. The van der Waals surface area contributed by atoms with E-state index in [0.29, 0.717) is 16.9 Å². The lowest BCUT2D eigenvalue weighted by atomic mass is 9.38. The summed E-state index contributed by atoms with van der Waals surface area (Å²) in [6.45, 7) is 16.4. The van der Waals surface area contributed by atoms with E-state index in [1.165, 1.54) is 19.3 Å². The molecule has 9 rings (SSSR count). The van der Waals surface area contributed by atoms with Crippen LogP contribution in [0.25, 0.3) is 0 Å². The molecule has 1 atom stereocenters. The van der Waals surface area contributed by atoms with Gasteiger partial charge in [0, 0.05) is 47.1 Å². The highest BCUT2D eigenvalue weighted by Gasteiger charge is 2.73. The summed E-state index contributed by atoms with van der Waals surface area (Å²) < 4.78 is 6.68. The first-order valence-corrected chi connectivity index (χ1v) is 21.2. The molecule has 11 heteroatoms. The third-order valence-electron chi connectivity index (χ3n) is 15.3. The zero-order valence-corrected chi connectivity index (χ0v) is 34.7. The number of hydrogen-bond acceptors (Lipinski definition) is 8.